The largest absolute Gasteiger partial charge is 0.498 e. The zero-order valence-electron chi connectivity index (χ0n) is 18.8. The summed E-state index contributed by atoms with van der Waals surface area (Å²) in [6, 6.07) is 11.6. The van der Waals surface area contributed by atoms with Gasteiger partial charge in [0.15, 0.2) is 0 Å². The summed E-state index contributed by atoms with van der Waals surface area (Å²) in [4.78, 5) is 11.9. The van der Waals surface area contributed by atoms with Crippen LogP contribution in [0.3, 0.4) is 0 Å². The fraction of sp³-hybridized carbons (Fsp3) is 0.458. The third kappa shape index (κ3) is 4.30. The number of ether oxygens (including phenoxy) is 3. The average Bonchev–Trinajstić information content (AvgIpc) is 2.90. The van der Waals surface area contributed by atoms with Crippen LogP contribution in [-0.2, 0) is 38.5 Å². The fourth-order valence-corrected chi connectivity index (χ4v) is 3.68. The predicted molar refractivity (Wildman–Crippen MR) is 118 cm³/mol. The molecule has 0 radical (unpaired) electrons. The molecule has 0 amide bonds. The first-order chi connectivity index (χ1) is 14.7. The third-order valence-corrected chi connectivity index (χ3v) is 6.14. The van der Waals surface area contributed by atoms with Crippen LogP contribution < -0.4 is 14.9 Å². The number of para-hydroxylation sites is 1. The van der Waals surface area contributed by atoms with Gasteiger partial charge in [-0.25, -0.2) is 0 Å². The Hall–Kier alpha value is -2.51. The van der Waals surface area contributed by atoms with Crippen molar-refractivity contribution >= 4 is 18.6 Å². The van der Waals surface area contributed by atoms with E-state index in [9.17, 15) is 4.79 Å². The Bertz CT molecular complexity index is 968. The monoisotopic (exact) mass is 424 g/mol. The maximum absolute atomic E-state index is 11.9. The normalized spacial score (nSPS) is 18.0. The third-order valence-electron chi connectivity index (χ3n) is 6.14. The number of hydrogen-bond donors (Lipinski definition) is 0. The first-order valence-electron chi connectivity index (χ1n) is 10.7. The lowest BCUT2D eigenvalue weighted by atomic mass is 9.75. The molecule has 0 N–H and O–H groups in total. The van der Waals surface area contributed by atoms with E-state index < -0.39 is 18.3 Å². The number of rotatable bonds is 7. The average molecular weight is 424 g/mol. The lowest BCUT2D eigenvalue weighted by Gasteiger charge is -2.32. The van der Waals surface area contributed by atoms with E-state index in [4.69, 9.17) is 23.5 Å². The highest BCUT2D eigenvalue weighted by Gasteiger charge is 2.53. The van der Waals surface area contributed by atoms with Gasteiger partial charge in [-0.3, -0.25) is 4.79 Å². The van der Waals surface area contributed by atoms with Gasteiger partial charge in [0.2, 0.25) is 0 Å². The molecule has 0 unspecified atom stereocenters. The smallest absolute Gasteiger partial charge is 0.489 e. The van der Waals surface area contributed by atoms with Gasteiger partial charge in [-0.2, -0.15) is 0 Å². The highest BCUT2D eigenvalue weighted by atomic mass is 16.7. The van der Waals surface area contributed by atoms with Gasteiger partial charge >= 0.3 is 13.1 Å². The maximum atomic E-state index is 11.9. The molecule has 164 valence electrons. The molecule has 2 heterocycles. The molecule has 2 aromatic rings. The molecular formula is C24H29BO6. The van der Waals surface area contributed by atoms with E-state index in [0.29, 0.717) is 25.6 Å². The van der Waals surface area contributed by atoms with Gasteiger partial charge in [0.1, 0.15) is 24.7 Å². The van der Waals surface area contributed by atoms with Crippen molar-refractivity contribution in [1.29, 1.82) is 0 Å². The second-order valence-corrected chi connectivity index (χ2v) is 8.93. The van der Waals surface area contributed by atoms with Crippen molar-refractivity contribution in [2.75, 3.05) is 6.61 Å². The summed E-state index contributed by atoms with van der Waals surface area (Å²) in [5.74, 6) is 1.25. The van der Waals surface area contributed by atoms with Gasteiger partial charge in [0.05, 0.1) is 24.2 Å². The molecule has 0 saturated carbocycles. The maximum Gasteiger partial charge on any atom is 0.498 e. The van der Waals surface area contributed by atoms with Crippen molar-refractivity contribution in [2.24, 2.45) is 0 Å². The Kier molecular flexibility index (Phi) is 5.75. The van der Waals surface area contributed by atoms with Gasteiger partial charge in [0.25, 0.3) is 0 Å². The molecule has 0 aliphatic carbocycles. The SMILES string of the molecule is CCOC(=O)Cc1ccccc1OCc1cc2c(c(B3OC(C)(C)C(C)(C)O3)c1)OC2. The van der Waals surface area contributed by atoms with Crippen molar-refractivity contribution in [3.05, 3.63) is 53.1 Å². The van der Waals surface area contributed by atoms with Gasteiger partial charge in [0, 0.05) is 16.6 Å². The van der Waals surface area contributed by atoms with E-state index in [1.165, 1.54) is 0 Å². The number of fused-ring (bicyclic) bond motifs is 1. The predicted octanol–water partition coefficient (Wildman–Crippen LogP) is 3.56. The topological polar surface area (TPSA) is 63.2 Å². The molecule has 7 heteroatoms. The zero-order valence-corrected chi connectivity index (χ0v) is 18.8. The minimum Gasteiger partial charge on any atom is -0.489 e. The van der Waals surface area contributed by atoms with Crippen molar-refractivity contribution in [3.63, 3.8) is 0 Å². The number of carbonyl (C=O) groups excluding carboxylic acids is 1. The van der Waals surface area contributed by atoms with E-state index in [1.807, 2.05) is 58.0 Å². The van der Waals surface area contributed by atoms with E-state index in [-0.39, 0.29) is 12.4 Å². The Labute approximate surface area is 183 Å². The molecule has 31 heavy (non-hydrogen) atoms. The quantitative estimate of drug-likeness (QED) is 0.501. The van der Waals surface area contributed by atoms with Crippen molar-refractivity contribution in [2.45, 2.75) is 65.5 Å². The summed E-state index contributed by atoms with van der Waals surface area (Å²) in [6.07, 6.45) is 0.182. The minimum absolute atomic E-state index is 0.182. The summed E-state index contributed by atoms with van der Waals surface area (Å²) in [6.45, 7) is 11.2. The van der Waals surface area contributed by atoms with E-state index >= 15 is 0 Å². The molecule has 0 atom stereocenters. The number of benzene rings is 2. The number of esters is 1. The summed E-state index contributed by atoms with van der Waals surface area (Å²) < 4.78 is 29.3. The number of hydrogen-bond acceptors (Lipinski definition) is 6. The van der Waals surface area contributed by atoms with E-state index in [2.05, 4.69) is 6.07 Å². The lowest BCUT2D eigenvalue weighted by Crippen LogP contribution is -2.41. The molecule has 2 aliphatic heterocycles. The van der Waals surface area contributed by atoms with Crippen molar-refractivity contribution in [1.82, 2.24) is 0 Å². The molecule has 0 aromatic heterocycles. The second-order valence-electron chi connectivity index (χ2n) is 8.93. The standard InChI is InChI=1S/C24H29BO6/c1-6-27-21(26)13-17-9-7-8-10-20(17)28-14-16-11-18-15-29-22(18)19(12-16)25-30-23(2,3)24(4,5)31-25/h7-12H,6,13-15H2,1-5H3. The number of carbonyl (C=O) groups is 1. The summed E-state index contributed by atoms with van der Waals surface area (Å²) >= 11 is 0. The first-order valence-corrected chi connectivity index (χ1v) is 10.7. The molecule has 2 aromatic carbocycles. The molecule has 6 nitrogen and oxygen atoms in total. The van der Waals surface area contributed by atoms with Gasteiger partial charge in [-0.05, 0) is 52.3 Å². The summed E-state index contributed by atoms with van der Waals surface area (Å²) in [7, 11) is -0.491. The van der Waals surface area contributed by atoms with Gasteiger partial charge in [-0.15, -0.1) is 0 Å². The van der Waals surface area contributed by atoms with Crippen molar-refractivity contribution < 1.29 is 28.3 Å². The highest BCUT2D eigenvalue weighted by molar-refractivity contribution is 6.63. The molecule has 1 fully saturated rings. The molecule has 0 spiro atoms. The molecular weight excluding hydrogens is 395 g/mol. The summed E-state index contributed by atoms with van der Waals surface area (Å²) in [5.41, 5.74) is 2.96. The summed E-state index contributed by atoms with van der Waals surface area (Å²) in [5, 5.41) is 0. The minimum atomic E-state index is -0.491. The van der Waals surface area contributed by atoms with E-state index in [0.717, 1.165) is 27.9 Å². The van der Waals surface area contributed by atoms with Gasteiger partial charge < -0.3 is 23.5 Å². The van der Waals surface area contributed by atoms with Crippen LogP contribution in [-0.4, -0.2) is 30.9 Å². The van der Waals surface area contributed by atoms with Crippen LogP contribution in [0.15, 0.2) is 36.4 Å². The fourth-order valence-electron chi connectivity index (χ4n) is 3.68. The van der Waals surface area contributed by atoms with Crippen molar-refractivity contribution in [3.8, 4) is 11.5 Å². The first kappa shape index (κ1) is 21.7. The van der Waals surface area contributed by atoms with Crippen LogP contribution in [0, 0.1) is 0 Å². The second kappa shape index (κ2) is 8.21. The molecule has 0 bridgehead atoms. The molecule has 2 aliphatic rings. The Morgan fingerprint density at radius 1 is 1.10 bits per heavy atom. The molecule has 4 rings (SSSR count). The Morgan fingerprint density at radius 2 is 1.81 bits per heavy atom. The molecule has 1 saturated heterocycles. The van der Waals surface area contributed by atoms with Crippen LogP contribution >= 0.6 is 0 Å². The van der Waals surface area contributed by atoms with E-state index in [1.54, 1.807) is 6.92 Å². The lowest BCUT2D eigenvalue weighted by molar-refractivity contribution is -0.142. The van der Waals surface area contributed by atoms with Crippen LogP contribution in [0.1, 0.15) is 51.3 Å². The van der Waals surface area contributed by atoms with Crippen LogP contribution in [0.5, 0.6) is 11.5 Å². The van der Waals surface area contributed by atoms with Gasteiger partial charge in [-0.1, -0.05) is 24.3 Å². The zero-order chi connectivity index (χ0) is 22.2. The Morgan fingerprint density at radius 3 is 2.45 bits per heavy atom. The Balaban J connectivity index is 1.52. The highest BCUT2D eigenvalue weighted by Crippen LogP contribution is 2.39. The van der Waals surface area contributed by atoms with Crippen LogP contribution in [0.2, 0.25) is 0 Å². The van der Waals surface area contributed by atoms with Crippen LogP contribution in [0.25, 0.3) is 0 Å². The van der Waals surface area contributed by atoms with Crippen LogP contribution in [0.4, 0.5) is 0 Å².